The Balaban J connectivity index is 1.33. The van der Waals surface area contributed by atoms with Crippen LogP contribution in [0.15, 0.2) is 58.0 Å². The van der Waals surface area contributed by atoms with Gasteiger partial charge < -0.3 is 20.5 Å². The van der Waals surface area contributed by atoms with Crippen molar-refractivity contribution in [1.29, 1.82) is 0 Å². The van der Waals surface area contributed by atoms with Crippen molar-refractivity contribution in [1.82, 2.24) is 20.8 Å². The van der Waals surface area contributed by atoms with Gasteiger partial charge in [-0.3, -0.25) is 9.79 Å². The largest absolute Gasteiger partial charge is 0.357 e. The van der Waals surface area contributed by atoms with E-state index in [1.165, 1.54) is 5.56 Å². The minimum Gasteiger partial charge on any atom is -0.357 e. The standard InChI is InChI=1S/C25H30N6O2/c1-3-22-30-24(33-31-22)18-11-9-17(10-12-18)13-14-27-25(26-4-2)28-16-19-15-23(32)29-21-8-6-5-7-20(19)21/h5-12,19H,3-4,13-16H2,1-2H3,(H,29,32)(H2,26,27,28). The normalized spacial score (nSPS) is 15.6. The highest BCUT2D eigenvalue weighted by Gasteiger charge is 2.24. The van der Waals surface area contributed by atoms with Gasteiger partial charge in [0.05, 0.1) is 6.54 Å². The third kappa shape index (κ3) is 5.77. The number of para-hydroxylation sites is 1. The van der Waals surface area contributed by atoms with Crippen LogP contribution in [0.25, 0.3) is 11.5 Å². The second kappa shape index (κ2) is 10.8. The lowest BCUT2D eigenvalue weighted by molar-refractivity contribution is -0.116. The number of hydrogen-bond acceptors (Lipinski definition) is 5. The molecular weight excluding hydrogens is 416 g/mol. The molecule has 1 amide bonds. The van der Waals surface area contributed by atoms with Crippen LogP contribution in [0.5, 0.6) is 0 Å². The van der Waals surface area contributed by atoms with Crippen molar-refractivity contribution in [3.63, 3.8) is 0 Å². The second-order valence-electron chi connectivity index (χ2n) is 8.00. The fourth-order valence-corrected chi connectivity index (χ4v) is 3.86. The average molecular weight is 447 g/mol. The van der Waals surface area contributed by atoms with Crippen molar-refractivity contribution in [2.45, 2.75) is 39.0 Å². The highest BCUT2D eigenvalue weighted by Crippen LogP contribution is 2.32. The van der Waals surface area contributed by atoms with Crippen molar-refractivity contribution in [2.75, 3.05) is 25.0 Å². The summed E-state index contributed by atoms with van der Waals surface area (Å²) in [6, 6.07) is 16.1. The maximum atomic E-state index is 12.1. The highest BCUT2D eigenvalue weighted by atomic mass is 16.5. The Morgan fingerprint density at radius 1 is 1.15 bits per heavy atom. The molecule has 1 aliphatic rings. The van der Waals surface area contributed by atoms with E-state index in [0.717, 1.165) is 48.7 Å². The molecule has 0 fully saturated rings. The molecule has 33 heavy (non-hydrogen) atoms. The molecule has 172 valence electrons. The molecule has 1 unspecified atom stereocenters. The van der Waals surface area contributed by atoms with Crippen LogP contribution in [0.1, 0.15) is 43.1 Å². The SMILES string of the molecule is CCNC(=NCC1CC(=O)Nc2ccccc21)NCCc1ccc(-c2nc(CC)no2)cc1. The monoisotopic (exact) mass is 446 g/mol. The summed E-state index contributed by atoms with van der Waals surface area (Å²) in [4.78, 5) is 21.2. The number of carbonyl (C=O) groups is 1. The van der Waals surface area contributed by atoms with Crippen LogP contribution in [0.2, 0.25) is 0 Å². The first-order chi connectivity index (χ1) is 16.2. The highest BCUT2D eigenvalue weighted by molar-refractivity contribution is 5.94. The van der Waals surface area contributed by atoms with Gasteiger partial charge in [-0.15, -0.1) is 0 Å². The van der Waals surface area contributed by atoms with E-state index in [-0.39, 0.29) is 11.8 Å². The third-order valence-corrected chi connectivity index (χ3v) is 5.61. The van der Waals surface area contributed by atoms with Gasteiger partial charge in [-0.25, -0.2) is 0 Å². The summed E-state index contributed by atoms with van der Waals surface area (Å²) in [5.41, 5.74) is 4.16. The molecule has 0 spiro atoms. The number of aryl methyl sites for hydroxylation is 1. The zero-order valence-corrected chi connectivity index (χ0v) is 19.1. The molecule has 2 heterocycles. The molecule has 0 bridgehead atoms. The maximum absolute atomic E-state index is 12.1. The molecule has 0 radical (unpaired) electrons. The van der Waals surface area contributed by atoms with Crippen LogP contribution < -0.4 is 16.0 Å². The first kappa shape index (κ1) is 22.5. The van der Waals surface area contributed by atoms with Crippen molar-refractivity contribution < 1.29 is 9.32 Å². The zero-order valence-electron chi connectivity index (χ0n) is 19.1. The summed E-state index contributed by atoms with van der Waals surface area (Å²) in [7, 11) is 0. The number of aromatic nitrogens is 2. The fraction of sp³-hybridized carbons (Fsp3) is 0.360. The Hall–Kier alpha value is -3.68. The molecule has 0 saturated carbocycles. The van der Waals surface area contributed by atoms with E-state index in [1.807, 2.05) is 44.2 Å². The Labute approximate surface area is 193 Å². The quantitative estimate of drug-likeness (QED) is 0.361. The van der Waals surface area contributed by atoms with E-state index in [0.29, 0.717) is 24.7 Å². The average Bonchev–Trinajstić information content (AvgIpc) is 3.32. The van der Waals surface area contributed by atoms with E-state index in [9.17, 15) is 4.79 Å². The van der Waals surface area contributed by atoms with Crippen molar-refractivity contribution in [2.24, 2.45) is 4.99 Å². The summed E-state index contributed by atoms with van der Waals surface area (Å²) in [6.07, 6.45) is 2.05. The molecular formula is C25H30N6O2. The lowest BCUT2D eigenvalue weighted by atomic mass is 9.91. The molecule has 2 aromatic carbocycles. The van der Waals surface area contributed by atoms with Crippen molar-refractivity contribution >= 4 is 17.6 Å². The Morgan fingerprint density at radius 3 is 2.73 bits per heavy atom. The van der Waals surface area contributed by atoms with Gasteiger partial charge in [-0.05, 0) is 42.7 Å². The number of carbonyl (C=O) groups excluding carboxylic acids is 1. The van der Waals surface area contributed by atoms with Crippen LogP contribution in [-0.2, 0) is 17.6 Å². The van der Waals surface area contributed by atoms with Gasteiger partial charge in [0.25, 0.3) is 5.89 Å². The summed E-state index contributed by atoms with van der Waals surface area (Å²) < 4.78 is 5.30. The van der Waals surface area contributed by atoms with Crippen LogP contribution in [0, 0.1) is 0 Å². The third-order valence-electron chi connectivity index (χ3n) is 5.61. The molecule has 0 aliphatic carbocycles. The van der Waals surface area contributed by atoms with E-state index in [2.05, 4.69) is 44.3 Å². The van der Waals surface area contributed by atoms with E-state index in [4.69, 9.17) is 9.52 Å². The van der Waals surface area contributed by atoms with E-state index < -0.39 is 0 Å². The number of rotatable bonds is 8. The molecule has 1 aliphatic heterocycles. The van der Waals surface area contributed by atoms with Gasteiger partial charge in [-0.2, -0.15) is 4.98 Å². The summed E-state index contributed by atoms with van der Waals surface area (Å²) >= 11 is 0. The summed E-state index contributed by atoms with van der Waals surface area (Å²) in [5.74, 6) is 2.15. The molecule has 8 heteroatoms. The van der Waals surface area contributed by atoms with Crippen LogP contribution in [0.4, 0.5) is 5.69 Å². The number of amides is 1. The van der Waals surface area contributed by atoms with Crippen LogP contribution in [0.3, 0.4) is 0 Å². The second-order valence-corrected chi connectivity index (χ2v) is 8.00. The maximum Gasteiger partial charge on any atom is 0.257 e. The molecule has 1 atom stereocenters. The number of anilines is 1. The number of fused-ring (bicyclic) bond motifs is 1. The molecule has 4 rings (SSSR count). The molecule has 0 saturated heterocycles. The molecule has 3 N–H and O–H groups in total. The van der Waals surface area contributed by atoms with Crippen molar-refractivity contribution in [3.8, 4) is 11.5 Å². The Bertz CT molecular complexity index is 1110. The number of guanidine groups is 1. The summed E-state index contributed by atoms with van der Waals surface area (Å²) in [5, 5.41) is 13.6. The minimum atomic E-state index is 0.0433. The van der Waals surface area contributed by atoms with E-state index in [1.54, 1.807) is 0 Å². The zero-order chi connectivity index (χ0) is 23.0. The topological polar surface area (TPSA) is 104 Å². The predicted molar refractivity (Wildman–Crippen MR) is 129 cm³/mol. The minimum absolute atomic E-state index is 0.0433. The molecule has 3 aromatic rings. The first-order valence-electron chi connectivity index (χ1n) is 11.5. The number of nitrogens with one attached hydrogen (secondary N) is 3. The fourth-order valence-electron chi connectivity index (χ4n) is 3.86. The number of benzene rings is 2. The van der Waals surface area contributed by atoms with Gasteiger partial charge in [0.1, 0.15) is 0 Å². The predicted octanol–water partition coefficient (Wildman–Crippen LogP) is 3.52. The lowest BCUT2D eigenvalue weighted by Crippen LogP contribution is -2.38. The van der Waals surface area contributed by atoms with Crippen molar-refractivity contribution in [3.05, 3.63) is 65.5 Å². The Morgan fingerprint density at radius 2 is 1.97 bits per heavy atom. The lowest BCUT2D eigenvalue weighted by Gasteiger charge is -2.24. The molecule has 8 nitrogen and oxygen atoms in total. The van der Waals surface area contributed by atoms with Gasteiger partial charge >= 0.3 is 0 Å². The van der Waals surface area contributed by atoms with Gasteiger partial charge in [0, 0.05) is 43.1 Å². The first-order valence-corrected chi connectivity index (χ1v) is 11.5. The van der Waals surface area contributed by atoms with Crippen LogP contribution in [-0.4, -0.2) is 41.6 Å². The van der Waals surface area contributed by atoms with E-state index >= 15 is 0 Å². The Kier molecular flexibility index (Phi) is 7.34. The number of aliphatic imine (C=N–C) groups is 1. The van der Waals surface area contributed by atoms with Crippen LogP contribution >= 0.6 is 0 Å². The smallest absolute Gasteiger partial charge is 0.257 e. The number of nitrogens with zero attached hydrogens (tertiary/aromatic N) is 3. The molecule has 1 aromatic heterocycles. The van der Waals surface area contributed by atoms with Gasteiger partial charge in [0.15, 0.2) is 11.8 Å². The van der Waals surface area contributed by atoms with Gasteiger partial charge in [0.2, 0.25) is 5.91 Å². The number of hydrogen-bond donors (Lipinski definition) is 3. The summed E-state index contributed by atoms with van der Waals surface area (Å²) in [6.45, 7) is 6.11. The van der Waals surface area contributed by atoms with Gasteiger partial charge in [-0.1, -0.05) is 42.4 Å².